The molecular formula is C25H28N4O3S2. The Kier molecular flexibility index (Phi) is 7.65. The van der Waals surface area contributed by atoms with Crippen molar-refractivity contribution in [2.24, 2.45) is 0 Å². The number of rotatable bonds is 9. The maximum absolute atomic E-state index is 13.6. The molecule has 7 nitrogen and oxygen atoms in total. The number of nitrogens with zero attached hydrogens (tertiary/aromatic N) is 4. The zero-order valence-electron chi connectivity index (χ0n) is 19.6. The second-order valence-electron chi connectivity index (χ2n) is 7.96. The molecule has 1 fully saturated rings. The molecule has 0 radical (unpaired) electrons. The minimum absolute atomic E-state index is 0.150. The number of amides is 3. The zero-order valence-corrected chi connectivity index (χ0v) is 21.2. The number of benzene rings is 2. The molecule has 0 aliphatic carbocycles. The third kappa shape index (κ3) is 4.87. The lowest BCUT2D eigenvalue weighted by atomic mass is 10.1. The van der Waals surface area contributed by atoms with Gasteiger partial charge in [-0.3, -0.25) is 24.2 Å². The Morgan fingerprint density at radius 3 is 2.32 bits per heavy atom. The third-order valence-corrected chi connectivity index (χ3v) is 7.84. The molecule has 0 atom stereocenters. The first-order chi connectivity index (χ1) is 16.5. The molecule has 1 saturated heterocycles. The second-order valence-corrected chi connectivity index (χ2v) is 9.81. The van der Waals surface area contributed by atoms with Gasteiger partial charge in [0.05, 0.1) is 15.9 Å². The van der Waals surface area contributed by atoms with Crippen molar-refractivity contribution in [2.45, 2.75) is 31.6 Å². The van der Waals surface area contributed by atoms with Crippen LogP contribution in [0.15, 0.2) is 47.4 Å². The number of carbonyl (C=O) groups is 3. The lowest BCUT2D eigenvalue weighted by molar-refractivity contribution is -0.121. The molecule has 9 heteroatoms. The minimum Gasteiger partial charge on any atom is -0.302 e. The Morgan fingerprint density at radius 2 is 1.71 bits per heavy atom. The van der Waals surface area contributed by atoms with Gasteiger partial charge in [0.1, 0.15) is 0 Å². The lowest BCUT2D eigenvalue weighted by Gasteiger charge is -2.25. The molecule has 0 saturated carbocycles. The van der Waals surface area contributed by atoms with Crippen molar-refractivity contribution in [1.82, 2.24) is 9.88 Å². The van der Waals surface area contributed by atoms with Gasteiger partial charge in [0.15, 0.2) is 5.13 Å². The number of likely N-dealkylation sites (N-methyl/N-ethyl adjacent to an activating group) is 1. The van der Waals surface area contributed by atoms with Crippen LogP contribution >= 0.6 is 23.1 Å². The molecular weight excluding hydrogens is 468 g/mol. The number of hydrogen-bond donors (Lipinski definition) is 0. The summed E-state index contributed by atoms with van der Waals surface area (Å²) in [5, 5.41) is 0.669. The van der Waals surface area contributed by atoms with Gasteiger partial charge in [-0.1, -0.05) is 31.3 Å². The lowest BCUT2D eigenvalue weighted by Crippen LogP contribution is -2.39. The molecule has 3 aromatic rings. The Labute approximate surface area is 207 Å². The summed E-state index contributed by atoms with van der Waals surface area (Å²) in [5.41, 5.74) is 1.91. The Hall–Kier alpha value is -2.75. The summed E-state index contributed by atoms with van der Waals surface area (Å²) in [6.07, 6.45) is 2.48. The minimum atomic E-state index is -0.205. The molecule has 3 amide bonds. The van der Waals surface area contributed by atoms with E-state index in [-0.39, 0.29) is 30.6 Å². The van der Waals surface area contributed by atoms with Crippen molar-refractivity contribution < 1.29 is 14.4 Å². The standard InChI is InChI=1S/C25H28N4O3S2/c1-4-27(5-2)15-16-28(25-26-23-19(33-3)7-6-8-20(23)34-25)24(32)17-9-11-18(12-10-17)29-21(30)13-14-22(29)31/h6-12H,4-5,13-16H2,1-3H3. The molecule has 0 spiro atoms. The third-order valence-electron chi connectivity index (χ3n) is 6.02. The summed E-state index contributed by atoms with van der Waals surface area (Å²) in [6, 6.07) is 12.8. The first-order valence-electron chi connectivity index (χ1n) is 11.4. The normalized spacial score (nSPS) is 13.9. The summed E-state index contributed by atoms with van der Waals surface area (Å²) < 4.78 is 1.05. The molecule has 1 aliphatic heterocycles. The summed E-state index contributed by atoms with van der Waals surface area (Å²) in [6.45, 7) is 7.28. The highest BCUT2D eigenvalue weighted by atomic mass is 32.2. The number of aromatic nitrogens is 1. The number of thiazole rings is 1. The maximum Gasteiger partial charge on any atom is 0.260 e. The Bertz CT molecular complexity index is 1190. The van der Waals surface area contributed by atoms with Gasteiger partial charge in [-0.15, -0.1) is 11.8 Å². The molecule has 2 aromatic carbocycles. The number of anilines is 2. The van der Waals surface area contributed by atoms with E-state index in [1.165, 1.54) is 16.2 Å². The predicted octanol–water partition coefficient (Wildman–Crippen LogP) is 4.66. The van der Waals surface area contributed by atoms with Crippen molar-refractivity contribution in [3.8, 4) is 0 Å². The van der Waals surface area contributed by atoms with Crippen LogP contribution in [0.3, 0.4) is 0 Å². The van der Waals surface area contributed by atoms with Gasteiger partial charge in [-0.25, -0.2) is 4.98 Å². The van der Waals surface area contributed by atoms with Gasteiger partial charge < -0.3 is 4.90 Å². The van der Waals surface area contributed by atoms with Crippen molar-refractivity contribution in [2.75, 3.05) is 42.2 Å². The van der Waals surface area contributed by atoms with Crippen LogP contribution in [0, 0.1) is 0 Å². The summed E-state index contributed by atoms with van der Waals surface area (Å²) in [4.78, 5) is 48.9. The van der Waals surface area contributed by atoms with Crippen LogP contribution in [0.1, 0.15) is 37.0 Å². The molecule has 0 unspecified atom stereocenters. The van der Waals surface area contributed by atoms with E-state index in [2.05, 4.69) is 18.7 Å². The topological polar surface area (TPSA) is 73.8 Å². The first kappa shape index (κ1) is 24.4. The fourth-order valence-electron chi connectivity index (χ4n) is 4.03. The van der Waals surface area contributed by atoms with Crippen LogP contribution in [0.4, 0.5) is 10.8 Å². The molecule has 34 heavy (non-hydrogen) atoms. The van der Waals surface area contributed by atoms with E-state index < -0.39 is 0 Å². The highest BCUT2D eigenvalue weighted by Gasteiger charge is 2.30. The maximum atomic E-state index is 13.6. The van der Waals surface area contributed by atoms with Gasteiger partial charge in [0, 0.05) is 36.4 Å². The van der Waals surface area contributed by atoms with Crippen LogP contribution in [0.2, 0.25) is 0 Å². The SMILES string of the molecule is CCN(CC)CCN(C(=O)c1ccc(N2C(=O)CCC2=O)cc1)c1nc2c(SC)cccc2s1. The van der Waals surface area contributed by atoms with Crippen LogP contribution in [0.25, 0.3) is 10.2 Å². The molecule has 2 heterocycles. The second kappa shape index (κ2) is 10.7. The van der Waals surface area contributed by atoms with Gasteiger partial charge in [-0.05, 0) is 55.7 Å². The van der Waals surface area contributed by atoms with Crippen molar-refractivity contribution in [1.29, 1.82) is 0 Å². The highest BCUT2D eigenvalue weighted by molar-refractivity contribution is 7.98. The first-order valence-corrected chi connectivity index (χ1v) is 13.4. The largest absolute Gasteiger partial charge is 0.302 e. The van der Waals surface area contributed by atoms with Crippen LogP contribution in [-0.4, -0.2) is 60.0 Å². The number of para-hydroxylation sites is 1. The average Bonchev–Trinajstić information content (AvgIpc) is 3.44. The molecule has 178 valence electrons. The molecule has 0 N–H and O–H groups in total. The molecule has 4 rings (SSSR count). The Morgan fingerprint density at radius 1 is 1.03 bits per heavy atom. The molecule has 1 aliphatic rings. The summed E-state index contributed by atoms with van der Waals surface area (Å²) in [7, 11) is 0. The fourth-order valence-corrected chi connectivity index (χ4v) is 5.68. The van der Waals surface area contributed by atoms with E-state index in [4.69, 9.17) is 4.98 Å². The zero-order chi connectivity index (χ0) is 24.2. The number of imide groups is 1. The summed E-state index contributed by atoms with van der Waals surface area (Å²) >= 11 is 3.15. The molecule has 0 bridgehead atoms. The van der Waals surface area contributed by atoms with Gasteiger partial charge in [0.25, 0.3) is 5.91 Å². The number of carbonyl (C=O) groups excluding carboxylic acids is 3. The van der Waals surface area contributed by atoms with Gasteiger partial charge >= 0.3 is 0 Å². The van der Waals surface area contributed by atoms with E-state index >= 15 is 0 Å². The average molecular weight is 497 g/mol. The van der Waals surface area contributed by atoms with Crippen LogP contribution in [-0.2, 0) is 9.59 Å². The van der Waals surface area contributed by atoms with E-state index in [1.807, 2.05) is 24.5 Å². The van der Waals surface area contributed by atoms with Crippen molar-refractivity contribution in [3.05, 3.63) is 48.0 Å². The van der Waals surface area contributed by atoms with Gasteiger partial charge in [-0.2, -0.15) is 0 Å². The van der Waals surface area contributed by atoms with Crippen LogP contribution < -0.4 is 9.80 Å². The smallest absolute Gasteiger partial charge is 0.260 e. The quantitative estimate of drug-likeness (QED) is 0.317. The van der Waals surface area contributed by atoms with Crippen LogP contribution in [0.5, 0.6) is 0 Å². The van der Waals surface area contributed by atoms with E-state index in [9.17, 15) is 14.4 Å². The monoisotopic (exact) mass is 496 g/mol. The van der Waals surface area contributed by atoms with E-state index in [0.29, 0.717) is 22.9 Å². The van der Waals surface area contributed by atoms with Crippen molar-refractivity contribution >= 4 is 61.9 Å². The van der Waals surface area contributed by atoms with E-state index in [1.54, 1.807) is 40.9 Å². The predicted molar refractivity (Wildman–Crippen MR) is 139 cm³/mol. The Balaban J connectivity index is 1.65. The number of thioether (sulfide) groups is 1. The van der Waals surface area contributed by atoms with Crippen molar-refractivity contribution in [3.63, 3.8) is 0 Å². The highest BCUT2D eigenvalue weighted by Crippen LogP contribution is 2.35. The number of fused-ring (bicyclic) bond motifs is 1. The van der Waals surface area contributed by atoms with E-state index in [0.717, 1.165) is 34.7 Å². The fraction of sp³-hybridized carbons (Fsp3) is 0.360. The molecule has 1 aromatic heterocycles. The number of hydrogen-bond acceptors (Lipinski definition) is 7. The summed E-state index contributed by atoms with van der Waals surface area (Å²) in [5.74, 6) is -0.560. The van der Waals surface area contributed by atoms with Gasteiger partial charge in [0.2, 0.25) is 11.8 Å².